The topological polar surface area (TPSA) is 78.9 Å². The van der Waals surface area contributed by atoms with Crippen LogP contribution < -0.4 is 0 Å². The van der Waals surface area contributed by atoms with Gasteiger partial charge < -0.3 is 14.2 Å². The van der Waals surface area contributed by atoms with E-state index in [0.717, 1.165) is 96.3 Å². The molecule has 0 heterocycles. The third-order valence-electron chi connectivity index (χ3n) is 15.5. The molecule has 83 heavy (non-hydrogen) atoms. The molecule has 0 aromatic rings. The summed E-state index contributed by atoms with van der Waals surface area (Å²) in [6.07, 6.45) is 95.7. The Morgan fingerprint density at radius 2 is 0.470 bits per heavy atom. The first-order valence-corrected chi connectivity index (χ1v) is 35.7. The van der Waals surface area contributed by atoms with Crippen LogP contribution in [0.5, 0.6) is 0 Å². The van der Waals surface area contributed by atoms with E-state index in [1.807, 2.05) is 0 Å². The molecule has 0 saturated heterocycles. The standard InChI is InChI=1S/C77H134O6/c1-4-7-10-13-16-19-22-25-28-31-32-33-34-35-36-37-38-39-40-41-42-43-44-47-49-52-55-58-61-64-67-70-76(79)82-73-74(83-77(80)71-68-65-62-59-56-53-50-46-30-27-24-21-18-15-12-9-6-3)72-81-75(78)69-66-63-60-57-54-51-48-45-29-26-23-20-17-14-11-8-5-2/h7,10,16,19,25-30,32-33,35-36,38-39,74H,4-6,8-9,11-15,17-18,20-24,31,34,37,40-73H2,1-3H3/b10-7-,19-16-,28-25-,29-26-,30-27-,33-32-,36-35-,39-38-. The summed E-state index contributed by atoms with van der Waals surface area (Å²) >= 11 is 0. The number of esters is 3. The van der Waals surface area contributed by atoms with Crippen molar-refractivity contribution in [1.82, 2.24) is 0 Å². The zero-order valence-electron chi connectivity index (χ0n) is 54.9. The second-order valence-electron chi connectivity index (χ2n) is 23.8. The van der Waals surface area contributed by atoms with Crippen LogP contribution in [0.25, 0.3) is 0 Å². The molecule has 0 saturated carbocycles. The quantitative estimate of drug-likeness (QED) is 0.0261. The average Bonchev–Trinajstić information content (AvgIpc) is 3.49. The lowest BCUT2D eigenvalue weighted by Gasteiger charge is -2.18. The minimum Gasteiger partial charge on any atom is -0.462 e. The molecule has 0 spiro atoms. The second-order valence-corrected chi connectivity index (χ2v) is 23.8. The van der Waals surface area contributed by atoms with Crippen molar-refractivity contribution in [3.63, 3.8) is 0 Å². The van der Waals surface area contributed by atoms with Gasteiger partial charge in [-0.2, -0.15) is 0 Å². The van der Waals surface area contributed by atoms with Gasteiger partial charge >= 0.3 is 17.9 Å². The summed E-state index contributed by atoms with van der Waals surface area (Å²) < 4.78 is 17.0. The summed E-state index contributed by atoms with van der Waals surface area (Å²) in [5, 5.41) is 0. The van der Waals surface area contributed by atoms with E-state index in [4.69, 9.17) is 14.2 Å². The van der Waals surface area contributed by atoms with Crippen LogP contribution in [-0.2, 0) is 28.6 Å². The Morgan fingerprint density at radius 1 is 0.253 bits per heavy atom. The average molecular weight is 1160 g/mol. The summed E-state index contributed by atoms with van der Waals surface area (Å²) in [5.41, 5.74) is 0. The lowest BCUT2D eigenvalue weighted by atomic mass is 10.0. The molecule has 0 bridgehead atoms. The maximum Gasteiger partial charge on any atom is 0.306 e. The summed E-state index contributed by atoms with van der Waals surface area (Å²) in [4.78, 5) is 38.5. The van der Waals surface area contributed by atoms with Gasteiger partial charge in [0.05, 0.1) is 0 Å². The van der Waals surface area contributed by atoms with Crippen LogP contribution in [0.2, 0.25) is 0 Å². The van der Waals surface area contributed by atoms with Crippen molar-refractivity contribution < 1.29 is 28.6 Å². The summed E-state index contributed by atoms with van der Waals surface area (Å²) in [7, 11) is 0. The van der Waals surface area contributed by atoms with Crippen LogP contribution >= 0.6 is 0 Å². The van der Waals surface area contributed by atoms with Crippen LogP contribution in [0.4, 0.5) is 0 Å². The van der Waals surface area contributed by atoms with Crippen LogP contribution in [0.15, 0.2) is 97.2 Å². The Hall–Kier alpha value is -3.67. The van der Waals surface area contributed by atoms with E-state index in [-0.39, 0.29) is 31.1 Å². The zero-order chi connectivity index (χ0) is 59.9. The predicted molar refractivity (Wildman–Crippen MR) is 362 cm³/mol. The van der Waals surface area contributed by atoms with Crippen LogP contribution in [0, 0.1) is 0 Å². The highest BCUT2D eigenvalue weighted by atomic mass is 16.6. The molecule has 0 aromatic heterocycles. The molecule has 1 atom stereocenters. The number of hydrogen-bond acceptors (Lipinski definition) is 6. The van der Waals surface area contributed by atoms with Crippen molar-refractivity contribution in [3.8, 4) is 0 Å². The Kier molecular flexibility index (Phi) is 67.7. The maximum atomic E-state index is 12.9. The van der Waals surface area contributed by atoms with Gasteiger partial charge in [0.1, 0.15) is 13.2 Å². The molecule has 0 N–H and O–H groups in total. The van der Waals surface area contributed by atoms with Crippen molar-refractivity contribution in [3.05, 3.63) is 97.2 Å². The molecule has 6 heteroatoms. The van der Waals surface area contributed by atoms with E-state index >= 15 is 0 Å². The van der Waals surface area contributed by atoms with Crippen molar-refractivity contribution >= 4 is 17.9 Å². The zero-order valence-corrected chi connectivity index (χ0v) is 54.9. The largest absolute Gasteiger partial charge is 0.462 e. The van der Waals surface area contributed by atoms with Crippen molar-refractivity contribution in [2.75, 3.05) is 13.2 Å². The van der Waals surface area contributed by atoms with Gasteiger partial charge in [-0.15, -0.1) is 0 Å². The van der Waals surface area contributed by atoms with Crippen molar-refractivity contribution in [1.29, 1.82) is 0 Å². The fourth-order valence-corrected chi connectivity index (χ4v) is 10.2. The SMILES string of the molecule is CC/C=C\C/C=C\C/C=C\C/C=C\C/C=C\C/C=C\CCCCCCCCCCCCCCC(=O)OCC(COC(=O)CCCCCCCCC/C=C\CCCCCCCC)OC(=O)CCCCCCCCC/C=C\CCCCCCCC. The first-order chi connectivity index (χ1) is 41.0. The van der Waals surface area contributed by atoms with Gasteiger partial charge in [-0.3, -0.25) is 14.4 Å². The Bertz CT molecular complexity index is 1610. The van der Waals surface area contributed by atoms with Crippen LogP contribution in [-0.4, -0.2) is 37.2 Å². The van der Waals surface area contributed by atoms with E-state index < -0.39 is 6.10 Å². The van der Waals surface area contributed by atoms with Crippen molar-refractivity contribution in [2.24, 2.45) is 0 Å². The van der Waals surface area contributed by atoms with E-state index in [1.165, 1.54) is 218 Å². The minimum absolute atomic E-state index is 0.0788. The van der Waals surface area contributed by atoms with Gasteiger partial charge in [0.2, 0.25) is 0 Å². The molecule has 0 radical (unpaired) electrons. The molecule has 0 rings (SSSR count). The smallest absolute Gasteiger partial charge is 0.306 e. The first kappa shape index (κ1) is 79.3. The third-order valence-corrected chi connectivity index (χ3v) is 15.5. The normalized spacial score (nSPS) is 12.7. The fourth-order valence-electron chi connectivity index (χ4n) is 10.2. The van der Waals surface area contributed by atoms with Crippen LogP contribution in [0.3, 0.4) is 0 Å². The van der Waals surface area contributed by atoms with Gasteiger partial charge in [0, 0.05) is 19.3 Å². The third kappa shape index (κ3) is 69.0. The summed E-state index contributed by atoms with van der Waals surface area (Å²) in [6, 6.07) is 0. The molecule has 0 amide bonds. The lowest BCUT2D eigenvalue weighted by molar-refractivity contribution is -0.167. The molecule has 1 unspecified atom stereocenters. The molecule has 0 aliphatic carbocycles. The second kappa shape index (κ2) is 70.8. The van der Waals surface area contributed by atoms with Gasteiger partial charge in [-0.1, -0.05) is 311 Å². The Morgan fingerprint density at radius 3 is 0.747 bits per heavy atom. The number of carbonyl (C=O) groups is 3. The monoisotopic (exact) mass is 1160 g/mol. The molecule has 6 nitrogen and oxygen atoms in total. The number of rotatable bonds is 65. The number of unbranched alkanes of at least 4 members (excludes halogenated alkanes) is 38. The predicted octanol–water partition coefficient (Wildman–Crippen LogP) is 24.8. The Labute approximate surface area is 515 Å². The number of ether oxygens (including phenoxy) is 3. The highest BCUT2D eigenvalue weighted by Crippen LogP contribution is 2.17. The molecular formula is C77H134O6. The molecule has 0 aromatic carbocycles. The lowest BCUT2D eigenvalue weighted by Crippen LogP contribution is -2.30. The highest BCUT2D eigenvalue weighted by Gasteiger charge is 2.19. The van der Waals surface area contributed by atoms with Gasteiger partial charge in [0.15, 0.2) is 6.10 Å². The van der Waals surface area contributed by atoms with E-state index in [0.29, 0.717) is 19.3 Å². The first-order valence-electron chi connectivity index (χ1n) is 35.7. The molecule has 0 aliphatic heterocycles. The molecule has 0 aliphatic rings. The number of hydrogen-bond donors (Lipinski definition) is 0. The summed E-state index contributed by atoms with van der Waals surface area (Å²) in [5.74, 6) is -0.872. The molecule has 0 fully saturated rings. The minimum atomic E-state index is -0.783. The Balaban J connectivity index is 4.28. The van der Waals surface area contributed by atoms with E-state index in [2.05, 4.69) is 118 Å². The molecule has 478 valence electrons. The summed E-state index contributed by atoms with van der Waals surface area (Å²) in [6.45, 7) is 6.55. The van der Waals surface area contributed by atoms with Gasteiger partial charge in [0.25, 0.3) is 0 Å². The number of allylic oxidation sites excluding steroid dienone is 16. The molecular weight excluding hydrogens is 1020 g/mol. The van der Waals surface area contributed by atoms with Gasteiger partial charge in [-0.05, 0) is 122 Å². The van der Waals surface area contributed by atoms with Gasteiger partial charge in [-0.25, -0.2) is 0 Å². The van der Waals surface area contributed by atoms with E-state index in [9.17, 15) is 14.4 Å². The highest BCUT2D eigenvalue weighted by molar-refractivity contribution is 5.71. The van der Waals surface area contributed by atoms with Crippen molar-refractivity contribution in [2.45, 2.75) is 361 Å². The number of carbonyl (C=O) groups excluding carboxylic acids is 3. The van der Waals surface area contributed by atoms with E-state index in [1.54, 1.807) is 0 Å². The maximum absolute atomic E-state index is 12.9. The fraction of sp³-hybridized carbons (Fsp3) is 0.753. The van der Waals surface area contributed by atoms with Crippen LogP contribution in [0.1, 0.15) is 355 Å².